The number of aromatic amines is 1. The van der Waals surface area contributed by atoms with Crippen molar-refractivity contribution in [1.82, 2.24) is 14.8 Å². The number of hydrogen-bond acceptors (Lipinski definition) is 5. The van der Waals surface area contributed by atoms with E-state index in [2.05, 4.69) is 10.1 Å². The SMILES string of the molecule is CC(Sc1nc(=O)c(=O)[nH]n1C)C(=N)N. The minimum Gasteiger partial charge on any atom is -0.387 e. The van der Waals surface area contributed by atoms with Crippen LogP contribution in [0.4, 0.5) is 0 Å². The lowest BCUT2D eigenvalue weighted by Gasteiger charge is -2.10. The van der Waals surface area contributed by atoms with Gasteiger partial charge in [-0.05, 0) is 6.92 Å². The van der Waals surface area contributed by atoms with Crippen LogP contribution in [0.1, 0.15) is 6.92 Å². The van der Waals surface area contributed by atoms with E-state index in [0.29, 0.717) is 5.16 Å². The Morgan fingerprint density at radius 2 is 2.27 bits per heavy atom. The van der Waals surface area contributed by atoms with Gasteiger partial charge in [0, 0.05) is 7.05 Å². The lowest BCUT2D eigenvalue weighted by atomic mass is 10.4. The third kappa shape index (κ3) is 2.69. The van der Waals surface area contributed by atoms with Gasteiger partial charge < -0.3 is 5.73 Å². The van der Waals surface area contributed by atoms with Gasteiger partial charge in [-0.3, -0.25) is 24.8 Å². The van der Waals surface area contributed by atoms with Crippen LogP contribution in [0.3, 0.4) is 0 Å². The molecular formula is C7H11N5O2S. The van der Waals surface area contributed by atoms with Crippen LogP contribution in [0.15, 0.2) is 14.7 Å². The predicted octanol–water partition coefficient (Wildman–Crippen LogP) is -1.11. The number of nitrogens with one attached hydrogen (secondary N) is 2. The maximum atomic E-state index is 11.0. The Hall–Kier alpha value is -1.57. The Kier molecular flexibility index (Phi) is 3.30. The molecule has 82 valence electrons. The molecule has 0 aromatic carbocycles. The van der Waals surface area contributed by atoms with Crippen LogP contribution in [-0.2, 0) is 7.05 Å². The number of amidine groups is 1. The molecule has 0 aliphatic rings. The van der Waals surface area contributed by atoms with E-state index in [-0.39, 0.29) is 11.1 Å². The highest BCUT2D eigenvalue weighted by Crippen LogP contribution is 2.17. The largest absolute Gasteiger partial charge is 0.387 e. The molecule has 0 spiro atoms. The molecule has 0 fully saturated rings. The zero-order valence-electron chi connectivity index (χ0n) is 8.27. The number of aryl methyl sites for hydroxylation is 1. The van der Waals surface area contributed by atoms with Crippen molar-refractivity contribution in [1.29, 1.82) is 5.41 Å². The van der Waals surface area contributed by atoms with Crippen molar-refractivity contribution in [2.45, 2.75) is 17.3 Å². The van der Waals surface area contributed by atoms with E-state index >= 15 is 0 Å². The van der Waals surface area contributed by atoms with Crippen LogP contribution in [-0.4, -0.2) is 25.9 Å². The molecule has 1 rings (SSSR count). The molecule has 0 saturated heterocycles. The second-order valence-electron chi connectivity index (χ2n) is 2.91. The van der Waals surface area contributed by atoms with Gasteiger partial charge in [0.1, 0.15) is 5.84 Å². The number of H-pyrrole nitrogens is 1. The fourth-order valence-electron chi connectivity index (χ4n) is 0.788. The van der Waals surface area contributed by atoms with Gasteiger partial charge in [-0.25, -0.2) is 0 Å². The summed E-state index contributed by atoms with van der Waals surface area (Å²) in [5.41, 5.74) is 3.67. The van der Waals surface area contributed by atoms with Crippen molar-refractivity contribution in [3.63, 3.8) is 0 Å². The van der Waals surface area contributed by atoms with Crippen molar-refractivity contribution in [2.24, 2.45) is 12.8 Å². The first kappa shape index (κ1) is 11.5. The average molecular weight is 229 g/mol. The molecule has 1 aromatic heterocycles. The van der Waals surface area contributed by atoms with Crippen molar-refractivity contribution < 1.29 is 0 Å². The third-order valence-corrected chi connectivity index (χ3v) is 2.85. The molecule has 0 amide bonds. The normalized spacial score (nSPS) is 12.4. The standard InChI is InChI=1S/C7H11N5O2S/c1-3(4(8)9)15-7-10-5(13)6(14)11-12(7)2/h3H,1-2H3,(H3,8,9)(H,11,14). The van der Waals surface area contributed by atoms with Crippen LogP contribution in [0.25, 0.3) is 0 Å². The van der Waals surface area contributed by atoms with Gasteiger partial charge in [-0.1, -0.05) is 11.8 Å². The molecule has 8 heteroatoms. The lowest BCUT2D eigenvalue weighted by molar-refractivity contribution is 0.596. The molecule has 0 aliphatic carbocycles. The molecule has 0 aliphatic heterocycles. The Labute approximate surface area is 89.2 Å². The Balaban J connectivity index is 3.06. The monoisotopic (exact) mass is 229 g/mol. The second-order valence-corrected chi connectivity index (χ2v) is 4.22. The number of nitrogens with two attached hydrogens (primary N) is 1. The van der Waals surface area contributed by atoms with Crippen molar-refractivity contribution in [3.8, 4) is 0 Å². The van der Waals surface area contributed by atoms with E-state index < -0.39 is 11.1 Å². The number of thioether (sulfide) groups is 1. The summed E-state index contributed by atoms with van der Waals surface area (Å²) in [6.07, 6.45) is 0. The van der Waals surface area contributed by atoms with Gasteiger partial charge in [0.05, 0.1) is 5.25 Å². The smallest absolute Gasteiger partial charge is 0.339 e. The van der Waals surface area contributed by atoms with Gasteiger partial charge >= 0.3 is 11.1 Å². The van der Waals surface area contributed by atoms with E-state index in [9.17, 15) is 9.59 Å². The summed E-state index contributed by atoms with van der Waals surface area (Å²) in [5.74, 6) is -0.0135. The first-order valence-electron chi connectivity index (χ1n) is 4.09. The highest BCUT2D eigenvalue weighted by atomic mass is 32.2. The Morgan fingerprint density at radius 3 is 2.80 bits per heavy atom. The van der Waals surface area contributed by atoms with E-state index in [4.69, 9.17) is 11.1 Å². The quantitative estimate of drug-likeness (QED) is 0.263. The molecule has 1 aromatic rings. The zero-order valence-corrected chi connectivity index (χ0v) is 9.09. The number of rotatable bonds is 3. The number of aromatic nitrogens is 3. The molecular weight excluding hydrogens is 218 g/mol. The van der Waals surface area contributed by atoms with Crippen molar-refractivity contribution in [2.75, 3.05) is 0 Å². The van der Waals surface area contributed by atoms with E-state index in [0.717, 1.165) is 11.8 Å². The maximum Gasteiger partial charge on any atom is 0.339 e. The van der Waals surface area contributed by atoms with Crippen LogP contribution in [0, 0.1) is 5.41 Å². The molecule has 4 N–H and O–H groups in total. The topological polar surface area (TPSA) is 118 Å². The summed E-state index contributed by atoms with van der Waals surface area (Å²) in [5, 5.41) is 9.52. The van der Waals surface area contributed by atoms with Crippen LogP contribution in [0.5, 0.6) is 0 Å². The fraction of sp³-hybridized carbons (Fsp3) is 0.429. The third-order valence-electron chi connectivity index (χ3n) is 1.67. The summed E-state index contributed by atoms with van der Waals surface area (Å²) in [6, 6.07) is 0. The summed E-state index contributed by atoms with van der Waals surface area (Å²) in [4.78, 5) is 25.4. The van der Waals surface area contributed by atoms with E-state index in [1.807, 2.05) is 0 Å². The average Bonchev–Trinajstić information content (AvgIpc) is 2.13. The minimum absolute atomic E-state index is 0.0135. The number of nitrogens with zero attached hydrogens (tertiary/aromatic N) is 2. The van der Waals surface area contributed by atoms with Crippen LogP contribution < -0.4 is 16.9 Å². The highest BCUT2D eigenvalue weighted by Gasteiger charge is 2.11. The van der Waals surface area contributed by atoms with Gasteiger partial charge in [0.2, 0.25) is 0 Å². The van der Waals surface area contributed by atoms with Crippen molar-refractivity contribution in [3.05, 3.63) is 20.7 Å². The van der Waals surface area contributed by atoms with Gasteiger partial charge in [0.15, 0.2) is 5.16 Å². The number of hydrogen-bond donors (Lipinski definition) is 3. The Bertz CT molecular complexity index is 491. The summed E-state index contributed by atoms with van der Waals surface area (Å²) in [6.45, 7) is 1.71. The van der Waals surface area contributed by atoms with Crippen LogP contribution >= 0.6 is 11.8 Å². The van der Waals surface area contributed by atoms with Gasteiger partial charge in [-0.2, -0.15) is 4.98 Å². The predicted molar refractivity (Wildman–Crippen MR) is 57.3 cm³/mol. The lowest BCUT2D eigenvalue weighted by Crippen LogP contribution is -2.34. The van der Waals surface area contributed by atoms with Crippen molar-refractivity contribution >= 4 is 17.6 Å². The Morgan fingerprint density at radius 1 is 1.67 bits per heavy atom. The van der Waals surface area contributed by atoms with Gasteiger partial charge in [0.25, 0.3) is 0 Å². The summed E-state index contributed by atoms with van der Waals surface area (Å²) >= 11 is 1.13. The molecule has 15 heavy (non-hydrogen) atoms. The zero-order chi connectivity index (χ0) is 11.6. The van der Waals surface area contributed by atoms with Gasteiger partial charge in [-0.15, -0.1) is 0 Å². The second kappa shape index (κ2) is 4.30. The molecule has 1 heterocycles. The first-order chi connectivity index (χ1) is 6.91. The molecule has 0 saturated carbocycles. The van der Waals surface area contributed by atoms with E-state index in [1.54, 1.807) is 14.0 Å². The maximum absolute atomic E-state index is 11.0. The van der Waals surface area contributed by atoms with Crippen LogP contribution in [0.2, 0.25) is 0 Å². The molecule has 0 bridgehead atoms. The molecule has 1 unspecified atom stereocenters. The van der Waals surface area contributed by atoms with E-state index in [1.165, 1.54) is 4.68 Å². The minimum atomic E-state index is -0.841. The fourth-order valence-corrected chi connectivity index (χ4v) is 1.57. The molecule has 0 radical (unpaired) electrons. The molecule has 1 atom stereocenters. The first-order valence-corrected chi connectivity index (χ1v) is 4.97. The highest BCUT2D eigenvalue weighted by molar-refractivity contribution is 8.00. The molecule has 7 nitrogen and oxygen atoms in total. The summed E-state index contributed by atoms with van der Waals surface area (Å²) < 4.78 is 1.33. The summed E-state index contributed by atoms with van der Waals surface area (Å²) in [7, 11) is 1.56.